The number of carbonyl (C=O) groups excluding carboxylic acids is 1. The summed E-state index contributed by atoms with van der Waals surface area (Å²) in [5.74, 6) is -1.21. The molecule has 0 fully saturated rings. The zero-order valence-electron chi connectivity index (χ0n) is 9.21. The number of hydrogen-bond acceptors (Lipinski definition) is 1. The summed E-state index contributed by atoms with van der Waals surface area (Å²) >= 11 is 0. The van der Waals surface area contributed by atoms with Crippen LogP contribution in [0.1, 0.15) is 15.9 Å². The minimum absolute atomic E-state index is 0.335. The number of benzene rings is 2. The quantitative estimate of drug-likeness (QED) is 0.720. The summed E-state index contributed by atoms with van der Waals surface area (Å²) in [5.41, 5.74) is 2.31. The molecule has 2 aromatic rings. The van der Waals surface area contributed by atoms with Gasteiger partial charge in [0.25, 0.3) is 0 Å². The van der Waals surface area contributed by atoms with Crippen molar-refractivity contribution in [3.05, 3.63) is 59.2 Å². The summed E-state index contributed by atoms with van der Waals surface area (Å²) in [7, 11) is 0. The van der Waals surface area contributed by atoms with Crippen LogP contribution in [0.5, 0.6) is 0 Å². The van der Waals surface area contributed by atoms with E-state index < -0.39 is 11.6 Å². The molecule has 0 aromatic heterocycles. The molecule has 0 saturated heterocycles. The van der Waals surface area contributed by atoms with E-state index in [0.29, 0.717) is 16.7 Å². The number of carbonyl (C=O) groups is 1. The summed E-state index contributed by atoms with van der Waals surface area (Å²) in [6.07, 6.45) is 0.734. The van der Waals surface area contributed by atoms with Gasteiger partial charge < -0.3 is 0 Å². The first-order chi connectivity index (χ1) is 8.11. The molecule has 0 aliphatic carbocycles. The molecule has 1 nitrogen and oxygen atoms in total. The van der Waals surface area contributed by atoms with Gasteiger partial charge in [0.2, 0.25) is 0 Å². The van der Waals surface area contributed by atoms with Gasteiger partial charge in [-0.3, -0.25) is 4.79 Å². The first kappa shape index (κ1) is 11.5. The Kier molecular flexibility index (Phi) is 3.00. The Hall–Kier alpha value is -2.03. The van der Waals surface area contributed by atoms with Crippen LogP contribution in [0.15, 0.2) is 36.4 Å². The summed E-state index contributed by atoms with van der Waals surface area (Å²) in [6.45, 7) is 1.78. The zero-order chi connectivity index (χ0) is 12.4. The summed E-state index contributed by atoms with van der Waals surface area (Å²) in [6, 6.07) is 8.40. The van der Waals surface area contributed by atoms with Crippen LogP contribution in [0.4, 0.5) is 8.78 Å². The maximum absolute atomic E-state index is 13.6. The molecule has 0 saturated carbocycles. The number of hydrogen-bond donors (Lipinski definition) is 0. The first-order valence-electron chi connectivity index (χ1n) is 5.13. The van der Waals surface area contributed by atoms with Crippen molar-refractivity contribution < 1.29 is 13.6 Å². The molecule has 2 rings (SSSR count). The maximum atomic E-state index is 13.6. The fourth-order valence-electron chi connectivity index (χ4n) is 1.77. The van der Waals surface area contributed by atoms with Crippen molar-refractivity contribution in [2.45, 2.75) is 6.92 Å². The van der Waals surface area contributed by atoms with E-state index in [1.54, 1.807) is 25.1 Å². The van der Waals surface area contributed by atoms with E-state index in [1.807, 2.05) is 0 Å². The number of aldehydes is 1. The van der Waals surface area contributed by atoms with Gasteiger partial charge in [-0.15, -0.1) is 0 Å². The van der Waals surface area contributed by atoms with Gasteiger partial charge in [0, 0.05) is 17.2 Å². The van der Waals surface area contributed by atoms with Crippen molar-refractivity contribution >= 4 is 6.29 Å². The van der Waals surface area contributed by atoms with Crippen molar-refractivity contribution in [3.63, 3.8) is 0 Å². The molecule has 0 heterocycles. The van der Waals surface area contributed by atoms with Crippen molar-refractivity contribution in [3.8, 4) is 11.1 Å². The minimum Gasteiger partial charge on any atom is -0.298 e. The van der Waals surface area contributed by atoms with Crippen LogP contribution in [-0.2, 0) is 0 Å². The number of aryl methyl sites for hydroxylation is 1. The number of rotatable bonds is 2. The Morgan fingerprint density at radius 3 is 2.29 bits per heavy atom. The molecule has 0 aliphatic rings. The van der Waals surface area contributed by atoms with Gasteiger partial charge in [-0.1, -0.05) is 12.1 Å². The van der Waals surface area contributed by atoms with Crippen LogP contribution in [0, 0.1) is 18.6 Å². The maximum Gasteiger partial charge on any atom is 0.150 e. The predicted octanol–water partition coefficient (Wildman–Crippen LogP) is 3.75. The molecule has 0 unspecified atom stereocenters. The molecule has 0 spiro atoms. The van der Waals surface area contributed by atoms with Gasteiger partial charge in [-0.05, 0) is 36.2 Å². The monoisotopic (exact) mass is 232 g/mol. The SMILES string of the molecule is Cc1cc(C=O)ccc1-c1ccc(F)cc1F. The van der Waals surface area contributed by atoms with Crippen LogP contribution in [-0.4, -0.2) is 6.29 Å². The predicted molar refractivity (Wildman–Crippen MR) is 61.9 cm³/mol. The van der Waals surface area contributed by atoms with Gasteiger partial charge in [0.1, 0.15) is 17.9 Å². The van der Waals surface area contributed by atoms with Crippen molar-refractivity contribution in [2.24, 2.45) is 0 Å². The Labute approximate surface area is 97.7 Å². The molecule has 0 aliphatic heterocycles. The molecule has 3 heteroatoms. The van der Waals surface area contributed by atoms with Gasteiger partial charge in [-0.2, -0.15) is 0 Å². The van der Waals surface area contributed by atoms with Crippen LogP contribution in [0.25, 0.3) is 11.1 Å². The smallest absolute Gasteiger partial charge is 0.150 e. The third-order valence-electron chi connectivity index (χ3n) is 2.61. The van der Waals surface area contributed by atoms with Gasteiger partial charge >= 0.3 is 0 Å². The molecule has 86 valence electrons. The molecule has 0 amide bonds. The highest BCUT2D eigenvalue weighted by atomic mass is 19.1. The molecular formula is C14H10F2O. The second kappa shape index (κ2) is 4.45. The Balaban J connectivity index is 2.56. The third-order valence-corrected chi connectivity index (χ3v) is 2.61. The number of halogens is 2. The Morgan fingerprint density at radius 1 is 1.00 bits per heavy atom. The highest BCUT2D eigenvalue weighted by molar-refractivity contribution is 5.78. The highest BCUT2D eigenvalue weighted by Crippen LogP contribution is 2.26. The topological polar surface area (TPSA) is 17.1 Å². The lowest BCUT2D eigenvalue weighted by atomic mass is 9.98. The van der Waals surface area contributed by atoms with E-state index in [2.05, 4.69) is 0 Å². The average molecular weight is 232 g/mol. The van der Waals surface area contributed by atoms with E-state index >= 15 is 0 Å². The van der Waals surface area contributed by atoms with Crippen LogP contribution in [0.3, 0.4) is 0 Å². The molecular weight excluding hydrogens is 222 g/mol. The van der Waals surface area contributed by atoms with Crippen molar-refractivity contribution in [1.82, 2.24) is 0 Å². The first-order valence-corrected chi connectivity index (χ1v) is 5.13. The second-order valence-corrected chi connectivity index (χ2v) is 3.82. The summed E-state index contributed by atoms with van der Waals surface area (Å²) in [5, 5.41) is 0. The van der Waals surface area contributed by atoms with E-state index in [1.165, 1.54) is 12.1 Å². The Bertz CT molecular complexity index is 576. The molecule has 0 atom stereocenters. The van der Waals surface area contributed by atoms with Crippen LogP contribution >= 0.6 is 0 Å². The third kappa shape index (κ3) is 2.23. The normalized spacial score (nSPS) is 10.3. The van der Waals surface area contributed by atoms with Crippen molar-refractivity contribution in [1.29, 1.82) is 0 Å². The molecule has 17 heavy (non-hydrogen) atoms. The lowest BCUT2D eigenvalue weighted by molar-refractivity contribution is 0.112. The van der Waals surface area contributed by atoms with E-state index in [0.717, 1.165) is 17.9 Å². The highest BCUT2D eigenvalue weighted by Gasteiger charge is 2.09. The van der Waals surface area contributed by atoms with Crippen LogP contribution in [0.2, 0.25) is 0 Å². The zero-order valence-corrected chi connectivity index (χ0v) is 9.21. The average Bonchev–Trinajstić information content (AvgIpc) is 2.30. The summed E-state index contributed by atoms with van der Waals surface area (Å²) in [4.78, 5) is 10.6. The van der Waals surface area contributed by atoms with Gasteiger partial charge in [0.05, 0.1) is 0 Å². The molecule has 0 N–H and O–H groups in total. The standard InChI is InChI=1S/C14H10F2O/c1-9-6-10(8-17)2-4-12(9)13-5-3-11(15)7-14(13)16/h2-8H,1H3. The molecule has 0 bridgehead atoms. The summed E-state index contributed by atoms with van der Waals surface area (Å²) < 4.78 is 26.4. The Morgan fingerprint density at radius 2 is 1.71 bits per heavy atom. The fraction of sp³-hybridized carbons (Fsp3) is 0.0714. The van der Waals surface area contributed by atoms with Crippen LogP contribution < -0.4 is 0 Å². The van der Waals surface area contributed by atoms with Crippen molar-refractivity contribution in [2.75, 3.05) is 0 Å². The molecule has 0 radical (unpaired) electrons. The van der Waals surface area contributed by atoms with E-state index in [9.17, 15) is 13.6 Å². The van der Waals surface area contributed by atoms with E-state index in [-0.39, 0.29) is 0 Å². The largest absolute Gasteiger partial charge is 0.298 e. The van der Waals surface area contributed by atoms with Gasteiger partial charge in [-0.25, -0.2) is 8.78 Å². The lowest BCUT2D eigenvalue weighted by Gasteiger charge is -2.07. The fourth-order valence-corrected chi connectivity index (χ4v) is 1.77. The van der Waals surface area contributed by atoms with E-state index in [4.69, 9.17) is 0 Å². The second-order valence-electron chi connectivity index (χ2n) is 3.82. The minimum atomic E-state index is -0.605. The lowest BCUT2D eigenvalue weighted by Crippen LogP contribution is -1.91. The molecule has 2 aromatic carbocycles. The van der Waals surface area contributed by atoms with Gasteiger partial charge in [0.15, 0.2) is 0 Å².